The summed E-state index contributed by atoms with van der Waals surface area (Å²) in [6.45, 7) is 0.898. The fourth-order valence-corrected chi connectivity index (χ4v) is 0.910. The molecule has 0 spiro atoms. The molecule has 1 saturated carbocycles. The first-order chi connectivity index (χ1) is 5.20. The van der Waals surface area contributed by atoms with Crippen LogP contribution in [0.1, 0.15) is 19.3 Å². The zero-order chi connectivity index (χ0) is 8.27. The molecule has 0 aromatic rings. The van der Waals surface area contributed by atoms with Crippen molar-refractivity contribution in [2.75, 3.05) is 20.6 Å². The van der Waals surface area contributed by atoms with Gasteiger partial charge in [0, 0.05) is 20.6 Å². The maximum Gasteiger partial charge on any atom is 0.190 e. The van der Waals surface area contributed by atoms with E-state index in [1.165, 1.54) is 19.3 Å². The molecule has 0 atom stereocenters. The van der Waals surface area contributed by atoms with E-state index in [2.05, 4.69) is 4.99 Å². The van der Waals surface area contributed by atoms with E-state index in [0.29, 0.717) is 5.96 Å². The standard InChI is InChI=1S/C8H17N3.HI/c1-11(2)8(9)10-6-5-7-3-4-7;/h7H,3-6H2,1-2H3,(H2,9,10);1H. The molecule has 0 unspecified atom stereocenters. The van der Waals surface area contributed by atoms with Crippen molar-refractivity contribution in [2.45, 2.75) is 19.3 Å². The average Bonchev–Trinajstić information content (AvgIpc) is 2.71. The SMILES string of the molecule is CN(C)C(N)=NCCC1CC1.I. The molecule has 0 heterocycles. The number of nitrogens with zero attached hydrogens (tertiary/aromatic N) is 2. The highest BCUT2D eigenvalue weighted by atomic mass is 127. The summed E-state index contributed by atoms with van der Waals surface area (Å²) >= 11 is 0. The molecule has 72 valence electrons. The molecule has 4 heteroatoms. The van der Waals surface area contributed by atoms with Crippen molar-refractivity contribution >= 4 is 29.9 Å². The van der Waals surface area contributed by atoms with Crippen LogP contribution in [-0.2, 0) is 0 Å². The highest BCUT2D eigenvalue weighted by Gasteiger charge is 2.19. The van der Waals surface area contributed by atoms with Gasteiger partial charge in [-0.15, -0.1) is 24.0 Å². The second kappa shape index (κ2) is 5.61. The molecule has 1 aliphatic carbocycles. The summed E-state index contributed by atoms with van der Waals surface area (Å²) in [5.74, 6) is 1.60. The summed E-state index contributed by atoms with van der Waals surface area (Å²) in [4.78, 5) is 6.06. The molecule has 0 aliphatic heterocycles. The molecule has 0 radical (unpaired) electrons. The van der Waals surface area contributed by atoms with E-state index in [1.54, 1.807) is 0 Å². The first-order valence-electron chi connectivity index (χ1n) is 4.17. The lowest BCUT2D eigenvalue weighted by Gasteiger charge is -2.09. The van der Waals surface area contributed by atoms with E-state index in [1.807, 2.05) is 19.0 Å². The fourth-order valence-electron chi connectivity index (χ4n) is 0.910. The molecule has 0 aromatic carbocycles. The molecule has 0 saturated heterocycles. The Bertz CT molecular complexity index is 152. The molecule has 1 rings (SSSR count). The summed E-state index contributed by atoms with van der Waals surface area (Å²) in [6.07, 6.45) is 4.02. The van der Waals surface area contributed by atoms with Crippen LogP contribution >= 0.6 is 24.0 Å². The van der Waals surface area contributed by atoms with E-state index < -0.39 is 0 Å². The smallest absolute Gasteiger partial charge is 0.190 e. The van der Waals surface area contributed by atoms with Crippen LogP contribution in [0, 0.1) is 5.92 Å². The van der Waals surface area contributed by atoms with Crippen molar-refractivity contribution in [3.8, 4) is 0 Å². The minimum Gasteiger partial charge on any atom is -0.370 e. The molecule has 0 bridgehead atoms. The van der Waals surface area contributed by atoms with Crippen LogP contribution in [0.4, 0.5) is 0 Å². The zero-order valence-electron chi connectivity index (χ0n) is 7.79. The summed E-state index contributed by atoms with van der Waals surface area (Å²) in [6, 6.07) is 0. The summed E-state index contributed by atoms with van der Waals surface area (Å²) in [5.41, 5.74) is 5.60. The van der Waals surface area contributed by atoms with Crippen LogP contribution in [0.25, 0.3) is 0 Å². The van der Waals surface area contributed by atoms with Crippen molar-refractivity contribution in [2.24, 2.45) is 16.6 Å². The second-order valence-electron chi connectivity index (χ2n) is 3.37. The highest BCUT2D eigenvalue weighted by molar-refractivity contribution is 14.0. The minimum absolute atomic E-state index is 0. The van der Waals surface area contributed by atoms with Crippen molar-refractivity contribution in [3.05, 3.63) is 0 Å². The minimum atomic E-state index is 0. The summed E-state index contributed by atoms with van der Waals surface area (Å²) in [7, 11) is 3.83. The first kappa shape index (κ1) is 12.0. The van der Waals surface area contributed by atoms with Gasteiger partial charge < -0.3 is 10.6 Å². The number of hydrogen-bond donors (Lipinski definition) is 1. The molecular weight excluding hydrogens is 265 g/mol. The maximum absolute atomic E-state index is 5.60. The molecule has 1 aliphatic rings. The van der Waals surface area contributed by atoms with Gasteiger partial charge in [0.2, 0.25) is 0 Å². The van der Waals surface area contributed by atoms with Crippen LogP contribution < -0.4 is 5.73 Å². The molecule has 1 fully saturated rings. The quantitative estimate of drug-likeness (QED) is 0.481. The lowest BCUT2D eigenvalue weighted by atomic mass is 10.3. The van der Waals surface area contributed by atoms with E-state index in [0.717, 1.165) is 12.5 Å². The van der Waals surface area contributed by atoms with Gasteiger partial charge in [0.25, 0.3) is 0 Å². The number of aliphatic imine (C=N–C) groups is 1. The van der Waals surface area contributed by atoms with Crippen LogP contribution in [0.5, 0.6) is 0 Å². The number of nitrogens with two attached hydrogens (primary N) is 1. The predicted molar refractivity (Wildman–Crippen MR) is 62.9 cm³/mol. The molecule has 0 aromatic heterocycles. The molecule has 12 heavy (non-hydrogen) atoms. The lowest BCUT2D eigenvalue weighted by molar-refractivity contribution is 0.605. The van der Waals surface area contributed by atoms with Gasteiger partial charge in [0.1, 0.15) is 0 Å². The number of guanidine groups is 1. The van der Waals surface area contributed by atoms with Crippen LogP contribution in [0.15, 0.2) is 4.99 Å². The van der Waals surface area contributed by atoms with Crippen molar-refractivity contribution in [1.82, 2.24) is 4.90 Å². The Labute approximate surface area is 91.4 Å². The second-order valence-corrected chi connectivity index (χ2v) is 3.37. The van der Waals surface area contributed by atoms with Gasteiger partial charge in [-0.25, -0.2) is 0 Å². The summed E-state index contributed by atoms with van der Waals surface area (Å²) in [5, 5.41) is 0. The monoisotopic (exact) mass is 283 g/mol. The molecule has 0 amide bonds. The largest absolute Gasteiger partial charge is 0.370 e. The Morgan fingerprint density at radius 1 is 1.50 bits per heavy atom. The third-order valence-electron chi connectivity index (χ3n) is 1.97. The fraction of sp³-hybridized carbons (Fsp3) is 0.875. The molecule has 3 nitrogen and oxygen atoms in total. The summed E-state index contributed by atoms with van der Waals surface area (Å²) < 4.78 is 0. The Kier molecular flexibility index (Phi) is 5.61. The number of rotatable bonds is 3. The van der Waals surface area contributed by atoms with Gasteiger partial charge >= 0.3 is 0 Å². The van der Waals surface area contributed by atoms with E-state index >= 15 is 0 Å². The van der Waals surface area contributed by atoms with Crippen molar-refractivity contribution in [1.29, 1.82) is 0 Å². The third kappa shape index (κ3) is 4.79. The first-order valence-corrected chi connectivity index (χ1v) is 4.17. The highest BCUT2D eigenvalue weighted by Crippen LogP contribution is 2.31. The van der Waals surface area contributed by atoms with E-state index in [9.17, 15) is 0 Å². The topological polar surface area (TPSA) is 41.6 Å². The van der Waals surface area contributed by atoms with Gasteiger partial charge in [-0.2, -0.15) is 0 Å². The maximum atomic E-state index is 5.60. The van der Waals surface area contributed by atoms with Crippen molar-refractivity contribution in [3.63, 3.8) is 0 Å². The Hall–Kier alpha value is 0. The van der Waals surface area contributed by atoms with Gasteiger partial charge in [0.05, 0.1) is 0 Å². The Morgan fingerprint density at radius 3 is 2.50 bits per heavy atom. The zero-order valence-corrected chi connectivity index (χ0v) is 10.1. The predicted octanol–water partition coefficient (Wildman–Crippen LogP) is 1.28. The van der Waals surface area contributed by atoms with Crippen LogP contribution in [0.2, 0.25) is 0 Å². The normalized spacial score (nSPS) is 17.0. The van der Waals surface area contributed by atoms with Gasteiger partial charge in [-0.1, -0.05) is 12.8 Å². The van der Waals surface area contributed by atoms with Crippen molar-refractivity contribution < 1.29 is 0 Å². The molecule has 2 N–H and O–H groups in total. The Balaban J connectivity index is 0.00000121. The van der Waals surface area contributed by atoms with Gasteiger partial charge in [0.15, 0.2) is 5.96 Å². The van der Waals surface area contributed by atoms with E-state index in [-0.39, 0.29) is 24.0 Å². The Morgan fingerprint density at radius 2 is 2.08 bits per heavy atom. The number of halogens is 1. The van der Waals surface area contributed by atoms with Crippen LogP contribution in [0.3, 0.4) is 0 Å². The third-order valence-corrected chi connectivity index (χ3v) is 1.97. The molecular formula is C8H18IN3. The van der Waals surface area contributed by atoms with Gasteiger partial charge in [-0.3, -0.25) is 4.99 Å². The number of hydrogen-bond acceptors (Lipinski definition) is 1. The lowest BCUT2D eigenvalue weighted by Crippen LogP contribution is -2.30. The average molecular weight is 283 g/mol. The van der Waals surface area contributed by atoms with Gasteiger partial charge in [-0.05, 0) is 12.3 Å². The van der Waals surface area contributed by atoms with Crippen LogP contribution in [-0.4, -0.2) is 31.5 Å². The van der Waals surface area contributed by atoms with E-state index in [4.69, 9.17) is 5.73 Å².